The summed E-state index contributed by atoms with van der Waals surface area (Å²) in [7, 11) is 2.94. The van der Waals surface area contributed by atoms with Crippen molar-refractivity contribution in [3.05, 3.63) is 64.5 Å². The summed E-state index contributed by atoms with van der Waals surface area (Å²) in [5.74, 6) is 0.925. The van der Waals surface area contributed by atoms with Gasteiger partial charge in [0.05, 0.1) is 37.1 Å². The lowest BCUT2D eigenvalue weighted by atomic mass is 10.3. The maximum Gasteiger partial charge on any atom is 0.328 e. The highest BCUT2D eigenvalue weighted by Gasteiger charge is 2.10. The van der Waals surface area contributed by atoms with Crippen LogP contribution in [-0.2, 0) is 0 Å². The molecule has 29 heavy (non-hydrogen) atoms. The van der Waals surface area contributed by atoms with Crippen molar-refractivity contribution in [2.24, 2.45) is 5.10 Å². The van der Waals surface area contributed by atoms with Gasteiger partial charge in [-0.2, -0.15) is 15.1 Å². The van der Waals surface area contributed by atoms with Crippen molar-refractivity contribution in [2.75, 3.05) is 19.6 Å². The Morgan fingerprint density at radius 3 is 2.41 bits per heavy atom. The van der Waals surface area contributed by atoms with Crippen LogP contribution in [0.3, 0.4) is 0 Å². The number of hydrazone groups is 1. The Balaban J connectivity index is 1.75. The molecule has 0 aliphatic heterocycles. The number of non-ortho nitro benzene ring substituents is 1. The van der Waals surface area contributed by atoms with E-state index in [-0.39, 0.29) is 23.5 Å². The number of rotatable bonds is 8. The largest absolute Gasteiger partial charge is 0.481 e. The number of nitro benzene ring substituents is 1. The van der Waals surface area contributed by atoms with Crippen LogP contribution >= 0.6 is 0 Å². The molecule has 0 atom stereocenters. The molecule has 0 fully saturated rings. The number of benzene rings is 1. The van der Waals surface area contributed by atoms with Gasteiger partial charge in [0, 0.05) is 18.3 Å². The molecule has 0 spiro atoms. The molecule has 148 valence electrons. The van der Waals surface area contributed by atoms with Crippen LogP contribution < -0.4 is 19.6 Å². The Morgan fingerprint density at radius 2 is 1.79 bits per heavy atom. The van der Waals surface area contributed by atoms with Crippen molar-refractivity contribution in [1.29, 1.82) is 0 Å². The SMILES string of the molecule is COc1cc(OC)nc(Oc2cccnc2C=NNc2ccc([N+](=O)[O-])cc2)n1. The number of nitrogens with zero attached hydrogens (tertiary/aromatic N) is 5. The molecule has 0 aliphatic rings. The maximum absolute atomic E-state index is 10.7. The minimum absolute atomic E-state index is 0.00587. The molecule has 3 aromatic rings. The predicted molar refractivity (Wildman–Crippen MR) is 104 cm³/mol. The van der Waals surface area contributed by atoms with E-state index in [1.807, 2.05) is 0 Å². The minimum atomic E-state index is -0.472. The first kappa shape index (κ1) is 19.5. The number of hydrogen-bond acceptors (Lipinski definition) is 10. The van der Waals surface area contributed by atoms with Gasteiger partial charge in [-0.15, -0.1) is 0 Å². The van der Waals surface area contributed by atoms with Gasteiger partial charge in [-0.1, -0.05) is 0 Å². The molecule has 3 rings (SSSR count). The van der Waals surface area contributed by atoms with Crippen LogP contribution in [0.5, 0.6) is 23.5 Å². The highest BCUT2D eigenvalue weighted by molar-refractivity contribution is 5.81. The monoisotopic (exact) mass is 396 g/mol. The summed E-state index contributed by atoms with van der Waals surface area (Å²) < 4.78 is 15.9. The molecule has 2 aromatic heterocycles. The molecule has 1 N–H and O–H groups in total. The highest BCUT2D eigenvalue weighted by atomic mass is 16.6. The number of hydrogen-bond donors (Lipinski definition) is 1. The quantitative estimate of drug-likeness (QED) is 0.346. The van der Waals surface area contributed by atoms with E-state index < -0.39 is 4.92 Å². The molecule has 11 nitrogen and oxygen atoms in total. The van der Waals surface area contributed by atoms with E-state index in [1.165, 1.54) is 38.6 Å². The molecule has 0 unspecified atom stereocenters. The Hall–Kier alpha value is -4.28. The van der Waals surface area contributed by atoms with Crippen molar-refractivity contribution in [3.63, 3.8) is 0 Å². The van der Waals surface area contributed by atoms with Gasteiger partial charge < -0.3 is 14.2 Å². The summed E-state index contributed by atoms with van der Waals surface area (Å²) in [6.45, 7) is 0. The molecule has 0 aliphatic carbocycles. The fraction of sp³-hybridized carbons (Fsp3) is 0.111. The van der Waals surface area contributed by atoms with Gasteiger partial charge in [-0.3, -0.25) is 20.5 Å². The minimum Gasteiger partial charge on any atom is -0.481 e. The smallest absolute Gasteiger partial charge is 0.328 e. The number of anilines is 1. The average Bonchev–Trinajstić information content (AvgIpc) is 2.75. The van der Waals surface area contributed by atoms with Crippen LogP contribution in [0.15, 0.2) is 53.8 Å². The molecule has 1 aromatic carbocycles. The molecule has 2 heterocycles. The van der Waals surface area contributed by atoms with E-state index in [9.17, 15) is 10.1 Å². The first-order valence-electron chi connectivity index (χ1n) is 8.22. The number of nitrogens with one attached hydrogen (secondary N) is 1. The lowest BCUT2D eigenvalue weighted by molar-refractivity contribution is -0.384. The van der Waals surface area contributed by atoms with Gasteiger partial charge in [0.2, 0.25) is 11.8 Å². The maximum atomic E-state index is 10.7. The average molecular weight is 396 g/mol. The lowest BCUT2D eigenvalue weighted by Gasteiger charge is -2.08. The summed E-state index contributed by atoms with van der Waals surface area (Å²) in [4.78, 5) is 22.6. The lowest BCUT2D eigenvalue weighted by Crippen LogP contribution is -2.01. The molecule has 0 radical (unpaired) electrons. The molecule has 11 heteroatoms. The Bertz CT molecular complexity index is 1000. The van der Waals surface area contributed by atoms with Gasteiger partial charge in [0.1, 0.15) is 5.69 Å². The zero-order valence-corrected chi connectivity index (χ0v) is 15.5. The zero-order chi connectivity index (χ0) is 20.6. The van der Waals surface area contributed by atoms with E-state index in [0.29, 0.717) is 17.1 Å². The fourth-order valence-electron chi connectivity index (χ4n) is 2.15. The van der Waals surface area contributed by atoms with Crippen molar-refractivity contribution in [1.82, 2.24) is 15.0 Å². The van der Waals surface area contributed by atoms with Crippen LogP contribution in [0.25, 0.3) is 0 Å². The molecule has 0 amide bonds. The van der Waals surface area contributed by atoms with Gasteiger partial charge >= 0.3 is 6.01 Å². The second-order valence-corrected chi connectivity index (χ2v) is 5.40. The van der Waals surface area contributed by atoms with Gasteiger partial charge in [0.15, 0.2) is 5.75 Å². The number of methoxy groups -OCH3 is 2. The van der Waals surface area contributed by atoms with E-state index in [0.717, 1.165) is 0 Å². The van der Waals surface area contributed by atoms with E-state index in [1.54, 1.807) is 30.5 Å². The third-order valence-electron chi connectivity index (χ3n) is 3.54. The summed E-state index contributed by atoms with van der Waals surface area (Å²) in [6.07, 6.45) is 3.02. The third kappa shape index (κ3) is 5.13. The number of ether oxygens (including phenoxy) is 3. The van der Waals surface area contributed by atoms with Gasteiger partial charge in [0.25, 0.3) is 5.69 Å². The Morgan fingerprint density at radius 1 is 1.10 bits per heavy atom. The molecule has 0 saturated carbocycles. The second kappa shape index (κ2) is 9.08. The molecular weight excluding hydrogens is 380 g/mol. The predicted octanol–water partition coefficient (Wildman–Crippen LogP) is 3.04. The van der Waals surface area contributed by atoms with Crippen LogP contribution in [0, 0.1) is 10.1 Å². The molecule has 0 saturated heterocycles. The van der Waals surface area contributed by atoms with Crippen molar-refractivity contribution in [3.8, 4) is 23.5 Å². The number of pyridine rings is 1. The Labute approximate surface area is 165 Å². The Kier molecular flexibility index (Phi) is 6.10. The van der Waals surface area contributed by atoms with E-state index >= 15 is 0 Å². The van der Waals surface area contributed by atoms with Crippen molar-refractivity contribution in [2.45, 2.75) is 0 Å². The first-order valence-corrected chi connectivity index (χ1v) is 8.22. The normalized spacial score (nSPS) is 10.6. The summed E-state index contributed by atoms with van der Waals surface area (Å²) in [5, 5.41) is 14.8. The summed E-state index contributed by atoms with van der Waals surface area (Å²) in [5.41, 5.74) is 3.75. The zero-order valence-electron chi connectivity index (χ0n) is 15.5. The van der Waals surface area contributed by atoms with Crippen LogP contribution in [-0.4, -0.2) is 40.3 Å². The number of nitro groups is 1. The highest BCUT2D eigenvalue weighted by Crippen LogP contribution is 2.24. The second-order valence-electron chi connectivity index (χ2n) is 5.40. The third-order valence-corrected chi connectivity index (χ3v) is 3.54. The van der Waals surface area contributed by atoms with E-state index in [2.05, 4.69) is 25.5 Å². The summed E-state index contributed by atoms with van der Waals surface area (Å²) in [6, 6.07) is 10.7. The van der Waals surface area contributed by atoms with Crippen LogP contribution in [0.2, 0.25) is 0 Å². The molecular formula is C18H16N6O5. The standard InChI is InChI=1S/C18H16N6O5/c1-27-16-10-17(28-2)22-18(21-16)29-15-4-3-9-19-14(15)11-20-23-12-5-7-13(8-6-12)24(25)26/h3-11,23H,1-2H3. The van der Waals surface area contributed by atoms with Crippen molar-refractivity contribution < 1.29 is 19.1 Å². The number of aromatic nitrogens is 3. The van der Waals surface area contributed by atoms with Gasteiger partial charge in [-0.25, -0.2) is 0 Å². The first-order chi connectivity index (χ1) is 14.1. The van der Waals surface area contributed by atoms with Gasteiger partial charge in [-0.05, 0) is 24.3 Å². The fourth-order valence-corrected chi connectivity index (χ4v) is 2.15. The summed E-state index contributed by atoms with van der Waals surface area (Å²) >= 11 is 0. The molecule has 0 bridgehead atoms. The topological polar surface area (TPSA) is 134 Å². The van der Waals surface area contributed by atoms with E-state index in [4.69, 9.17) is 14.2 Å². The van der Waals surface area contributed by atoms with Crippen molar-refractivity contribution >= 4 is 17.6 Å². The van der Waals surface area contributed by atoms with Crippen LogP contribution in [0.4, 0.5) is 11.4 Å². The van der Waals surface area contributed by atoms with Crippen LogP contribution in [0.1, 0.15) is 5.69 Å².